The third kappa shape index (κ3) is 3.97. The summed E-state index contributed by atoms with van der Waals surface area (Å²) in [5.41, 5.74) is 3.23. The van der Waals surface area contributed by atoms with E-state index in [4.69, 9.17) is 11.6 Å². The second-order valence-electron chi connectivity index (χ2n) is 6.95. The molecule has 8 heteroatoms. The van der Waals surface area contributed by atoms with Crippen LogP contribution in [0.3, 0.4) is 0 Å². The number of hydrogen-bond donors (Lipinski definition) is 1. The lowest BCUT2D eigenvalue weighted by molar-refractivity contribution is -0.117. The molecule has 1 aromatic heterocycles. The fraction of sp³-hybridized carbons (Fsp3) is 0.182. The number of carbonyl (C=O) groups is 2. The molecule has 2 aromatic carbocycles. The van der Waals surface area contributed by atoms with Gasteiger partial charge in [0.05, 0.1) is 13.0 Å². The highest BCUT2D eigenvalue weighted by Gasteiger charge is 2.27. The van der Waals surface area contributed by atoms with E-state index in [0.717, 1.165) is 16.8 Å². The summed E-state index contributed by atoms with van der Waals surface area (Å²) in [6, 6.07) is 15.4. The molecule has 0 bridgehead atoms. The van der Waals surface area contributed by atoms with Gasteiger partial charge in [-0.1, -0.05) is 29.8 Å². The minimum Gasteiger partial charge on any atom is -0.321 e. The molecule has 2 heterocycles. The number of rotatable bonds is 5. The fourth-order valence-corrected chi connectivity index (χ4v) is 3.54. The molecule has 0 saturated carbocycles. The molecule has 1 aliphatic heterocycles. The van der Waals surface area contributed by atoms with Crippen LogP contribution in [-0.4, -0.2) is 21.6 Å². The van der Waals surface area contributed by atoms with Crippen molar-refractivity contribution in [3.8, 4) is 0 Å². The van der Waals surface area contributed by atoms with Gasteiger partial charge in [0.15, 0.2) is 0 Å². The van der Waals surface area contributed by atoms with Crippen molar-refractivity contribution in [3.05, 3.63) is 86.8 Å². The molecule has 0 spiro atoms. The third-order valence-electron chi connectivity index (χ3n) is 4.93. The Kier molecular flexibility index (Phi) is 5.37. The van der Waals surface area contributed by atoms with Crippen molar-refractivity contribution in [2.75, 3.05) is 10.2 Å². The summed E-state index contributed by atoms with van der Waals surface area (Å²) in [5, 5.41) is 7.41. The average molecular weight is 423 g/mol. The van der Waals surface area contributed by atoms with Crippen molar-refractivity contribution >= 4 is 34.8 Å². The van der Waals surface area contributed by atoms with E-state index in [2.05, 4.69) is 10.4 Å². The van der Waals surface area contributed by atoms with Crippen LogP contribution < -0.4 is 15.8 Å². The minimum absolute atomic E-state index is 0.0294. The number of amides is 2. The number of aryl methyl sites for hydroxylation is 1. The first-order valence-electron chi connectivity index (χ1n) is 9.52. The molecule has 4 rings (SSSR count). The summed E-state index contributed by atoms with van der Waals surface area (Å²) in [6.45, 7) is 2.59. The van der Waals surface area contributed by atoms with Gasteiger partial charge in [0.1, 0.15) is 5.69 Å². The van der Waals surface area contributed by atoms with Gasteiger partial charge in [-0.05, 0) is 48.4 Å². The van der Waals surface area contributed by atoms with Crippen LogP contribution in [0.5, 0.6) is 0 Å². The quantitative estimate of drug-likeness (QED) is 0.684. The molecule has 3 aromatic rings. The van der Waals surface area contributed by atoms with Crippen LogP contribution >= 0.6 is 11.6 Å². The van der Waals surface area contributed by atoms with Crippen molar-refractivity contribution < 1.29 is 9.59 Å². The number of carbonyl (C=O) groups excluding carboxylic acids is 2. The van der Waals surface area contributed by atoms with E-state index >= 15 is 0 Å². The second-order valence-corrected chi connectivity index (χ2v) is 7.39. The van der Waals surface area contributed by atoms with E-state index in [1.807, 2.05) is 18.2 Å². The molecular weight excluding hydrogens is 404 g/mol. The van der Waals surface area contributed by atoms with Gasteiger partial charge in [-0.15, -0.1) is 0 Å². The molecule has 1 aliphatic rings. The van der Waals surface area contributed by atoms with Crippen molar-refractivity contribution in [1.29, 1.82) is 0 Å². The number of anilines is 2. The second kappa shape index (κ2) is 8.12. The molecule has 30 heavy (non-hydrogen) atoms. The summed E-state index contributed by atoms with van der Waals surface area (Å²) >= 11 is 6.08. The van der Waals surface area contributed by atoms with Crippen LogP contribution in [0.25, 0.3) is 0 Å². The number of benzene rings is 2. The Morgan fingerprint density at radius 2 is 1.87 bits per heavy atom. The van der Waals surface area contributed by atoms with Crippen LogP contribution in [0.4, 0.5) is 11.4 Å². The van der Waals surface area contributed by atoms with Gasteiger partial charge in [-0.2, -0.15) is 5.10 Å². The summed E-state index contributed by atoms with van der Waals surface area (Å²) in [7, 11) is 0. The van der Waals surface area contributed by atoms with E-state index in [0.29, 0.717) is 30.2 Å². The number of aromatic nitrogens is 2. The van der Waals surface area contributed by atoms with Crippen molar-refractivity contribution in [2.24, 2.45) is 0 Å². The lowest BCUT2D eigenvalue weighted by atomic mass is 10.1. The van der Waals surface area contributed by atoms with Gasteiger partial charge in [0.2, 0.25) is 5.91 Å². The number of nitrogens with one attached hydrogen (secondary N) is 1. The Hall–Kier alpha value is -3.45. The average Bonchev–Trinajstić information content (AvgIpc) is 3.04. The van der Waals surface area contributed by atoms with Crippen molar-refractivity contribution in [2.45, 2.75) is 26.4 Å². The van der Waals surface area contributed by atoms with E-state index in [9.17, 15) is 14.4 Å². The van der Waals surface area contributed by atoms with Crippen LogP contribution in [0.2, 0.25) is 5.02 Å². The fourth-order valence-electron chi connectivity index (χ4n) is 3.37. The van der Waals surface area contributed by atoms with Crippen LogP contribution in [-0.2, 0) is 24.3 Å². The Balaban J connectivity index is 1.46. The zero-order valence-electron chi connectivity index (χ0n) is 16.3. The van der Waals surface area contributed by atoms with Gasteiger partial charge >= 0.3 is 0 Å². The van der Waals surface area contributed by atoms with Crippen molar-refractivity contribution in [1.82, 2.24) is 9.78 Å². The van der Waals surface area contributed by atoms with Gasteiger partial charge in [-0.25, -0.2) is 4.68 Å². The highest BCUT2D eigenvalue weighted by molar-refractivity contribution is 6.31. The molecule has 0 aliphatic carbocycles. The van der Waals surface area contributed by atoms with Crippen molar-refractivity contribution in [3.63, 3.8) is 0 Å². The first kappa shape index (κ1) is 19.8. The molecule has 7 nitrogen and oxygen atoms in total. The largest absolute Gasteiger partial charge is 0.321 e. The van der Waals surface area contributed by atoms with E-state index < -0.39 is 5.91 Å². The molecule has 2 amide bonds. The topological polar surface area (TPSA) is 84.3 Å². The van der Waals surface area contributed by atoms with Gasteiger partial charge < -0.3 is 10.2 Å². The Labute approximate surface area is 177 Å². The third-order valence-corrected chi connectivity index (χ3v) is 5.17. The number of fused-ring (bicyclic) bond motifs is 1. The molecular formula is C22H19ClN4O3. The summed E-state index contributed by atoms with van der Waals surface area (Å²) in [6.07, 6.45) is 0.369. The Morgan fingerprint density at radius 3 is 2.60 bits per heavy atom. The zero-order valence-corrected chi connectivity index (χ0v) is 17.0. The monoisotopic (exact) mass is 422 g/mol. The lowest BCUT2D eigenvalue weighted by Crippen LogP contribution is -2.26. The molecule has 0 saturated heterocycles. The molecule has 0 atom stereocenters. The first-order valence-corrected chi connectivity index (χ1v) is 9.89. The predicted octanol–water partition coefficient (Wildman–Crippen LogP) is 3.26. The maximum absolute atomic E-state index is 12.4. The van der Waals surface area contributed by atoms with Gasteiger partial charge in [0, 0.05) is 29.0 Å². The number of nitrogens with zero attached hydrogens (tertiary/aromatic N) is 3. The van der Waals surface area contributed by atoms with E-state index in [1.54, 1.807) is 36.1 Å². The predicted molar refractivity (Wildman–Crippen MR) is 115 cm³/mol. The smallest absolute Gasteiger partial charge is 0.276 e. The summed E-state index contributed by atoms with van der Waals surface area (Å²) in [5.74, 6) is -0.370. The van der Waals surface area contributed by atoms with E-state index in [1.165, 1.54) is 16.8 Å². The van der Waals surface area contributed by atoms with Gasteiger partial charge in [-0.3, -0.25) is 14.4 Å². The molecule has 0 radical (unpaired) electrons. The molecule has 0 fully saturated rings. The van der Waals surface area contributed by atoms with Gasteiger partial charge in [0.25, 0.3) is 11.5 Å². The standard InChI is InChI=1S/C22H19ClN4O3/c1-2-27-20(28)10-9-18(25-27)22(30)24-17-7-3-14(4-8-17)13-26-19-12-16(23)6-5-15(19)11-21(26)29/h3-10,12H,2,11,13H2,1H3,(H,24,30). The zero-order chi connectivity index (χ0) is 21.3. The van der Waals surface area contributed by atoms with Crippen LogP contribution in [0, 0.1) is 0 Å². The molecule has 1 N–H and O–H groups in total. The van der Waals surface area contributed by atoms with Crippen LogP contribution in [0.1, 0.15) is 28.5 Å². The Bertz CT molecular complexity index is 1190. The minimum atomic E-state index is -0.400. The highest BCUT2D eigenvalue weighted by Crippen LogP contribution is 2.32. The SMILES string of the molecule is CCn1nc(C(=O)Nc2ccc(CN3C(=O)Cc4ccc(Cl)cc43)cc2)ccc1=O. The normalized spacial score (nSPS) is 12.7. The van der Waals surface area contributed by atoms with Crippen LogP contribution in [0.15, 0.2) is 59.4 Å². The summed E-state index contributed by atoms with van der Waals surface area (Å²) < 4.78 is 1.23. The maximum Gasteiger partial charge on any atom is 0.276 e. The molecule has 152 valence electrons. The maximum atomic E-state index is 12.4. The van der Waals surface area contributed by atoms with E-state index in [-0.39, 0.29) is 17.2 Å². The number of hydrogen-bond acceptors (Lipinski definition) is 4. The summed E-state index contributed by atoms with van der Waals surface area (Å²) in [4.78, 5) is 38.1. The first-order chi connectivity index (χ1) is 14.4. The Morgan fingerprint density at radius 1 is 1.10 bits per heavy atom. The molecule has 0 unspecified atom stereocenters. The number of halogens is 1. The lowest BCUT2D eigenvalue weighted by Gasteiger charge is -2.18. The highest BCUT2D eigenvalue weighted by atomic mass is 35.5.